The zero-order valence-electron chi connectivity index (χ0n) is 9.83. The average molecular weight is 356 g/mol. The molecule has 2 atom stereocenters. The Labute approximate surface area is 127 Å². The fourth-order valence-electron chi connectivity index (χ4n) is 1.98. The molecule has 3 N–H and O–H groups in total. The molecule has 0 amide bonds. The largest absolute Gasteiger partial charge is 0.391 e. The maximum Gasteiger partial charge on any atom is 0.0716 e. The number of halogens is 3. The van der Waals surface area contributed by atoms with Crippen LogP contribution >= 0.6 is 39.9 Å². The van der Waals surface area contributed by atoms with Gasteiger partial charge in [-0.15, -0.1) is 12.4 Å². The van der Waals surface area contributed by atoms with Crippen LogP contribution in [0, 0.1) is 5.92 Å². The second kappa shape index (κ2) is 7.68. The van der Waals surface area contributed by atoms with Gasteiger partial charge in [-0.25, -0.2) is 0 Å². The van der Waals surface area contributed by atoms with E-state index in [1.807, 2.05) is 18.2 Å². The van der Waals surface area contributed by atoms with Crippen LogP contribution in [-0.4, -0.2) is 30.8 Å². The van der Waals surface area contributed by atoms with E-state index in [4.69, 9.17) is 11.6 Å². The van der Waals surface area contributed by atoms with Gasteiger partial charge in [0.25, 0.3) is 0 Å². The summed E-state index contributed by atoms with van der Waals surface area (Å²) in [5.74, 6) is 0.296. The van der Waals surface area contributed by atoms with Gasteiger partial charge in [-0.1, -0.05) is 33.6 Å². The first kappa shape index (κ1) is 16.2. The van der Waals surface area contributed by atoms with Crippen LogP contribution in [0.2, 0.25) is 5.02 Å². The lowest BCUT2D eigenvalue weighted by atomic mass is 10.1. The van der Waals surface area contributed by atoms with Crippen molar-refractivity contribution in [2.24, 2.45) is 5.92 Å². The molecule has 1 aliphatic rings. The van der Waals surface area contributed by atoms with Crippen LogP contribution in [0.5, 0.6) is 0 Å². The van der Waals surface area contributed by atoms with Crippen LogP contribution in [0.1, 0.15) is 5.56 Å². The molecule has 1 fully saturated rings. The van der Waals surface area contributed by atoms with Crippen molar-refractivity contribution < 1.29 is 5.11 Å². The highest BCUT2D eigenvalue weighted by Crippen LogP contribution is 2.21. The first-order chi connectivity index (χ1) is 8.16. The Morgan fingerprint density at radius 2 is 2.22 bits per heavy atom. The number of hydrogen-bond acceptors (Lipinski definition) is 3. The van der Waals surface area contributed by atoms with E-state index in [-0.39, 0.29) is 18.5 Å². The molecule has 3 nitrogen and oxygen atoms in total. The zero-order valence-corrected chi connectivity index (χ0v) is 13.0. The summed E-state index contributed by atoms with van der Waals surface area (Å²) in [6.45, 7) is 3.11. The lowest BCUT2D eigenvalue weighted by molar-refractivity contribution is 0.146. The molecule has 1 aromatic rings. The van der Waals surface area contributed by atoms with Crippen molar-refractivity contribution in [3.63, 3.8) is 0 Å². The van der Waals surface area contributed by atoms with Crippen LogP contribution in [0.3, 0.4) is 0 Å². The molecule has 1 aliphatic heterocycles. The smallest absolute Gasteiger partial charge is 0.0716 e. The number of aliphatic hydroxyl groups excluding tert-OH is 1. The van der Waals surface area contributed by atoms with Crippen LogP contribution in [-0.2, 0) is 6.54 Å². The standard InChI is InChI=1S/C12H16BrClN2O.ClH/c13-10-2-1-8(11(14)3-10)4-15-5-9-6-16-7-12(9)17;/h1-3,9,12,15-17H,4-7H2;1H. The van der Waals surface area contributed by atoms with Crippen molar-refractivity contribution in [1.82, 2.24) is 10.6 Å². The van der Waals surface area contributed by atoms with Gasteiger partial charge in [0.15, 0.2) is 0 Å². The predicted molar refractivity (Wildman–Crippen MR) is 80.5 cm³/mol. The summed E-state index contributed by atoms with van der Waals surface area (Å²) in [6, 6.07) is 5.88. The number of nitrogens with one attached hydrogen (secondary N) is 2. The normalized spacial score (nSPS) is 22.8. The average Bonchev–Trinajstić information content (AvgIpc) is 2.68. The quantitative estimate of drug-likeness (QED) is 0.775. The highest BCUT2D eigenvalue weighted by atomic mass is 79.9. The van der Waals surface area contributed by atoms with E-state index in [0.717, 1.165) is 34.7 Å². The first-order valence-electron chi connectivity index (χ1n) is 5.70. The molecular formula is C12H17BrCl2N2O. The Morgan fingerprint density at radius 1 is 1.44 bits per heavy atom. The molecule has 0 bridgehead atoms. The van der Waals surface area contributed by atoms with E-state index in [2.05, 4.69) is 26.6 Å². The van der Waals surface area contributed by atoms with Crippen molar-refractivity contribution >= 4 is 39.9 Å². The van der Waals surface area contributed by atoms with E-state index in [9.17, 15) is 5.11 Å². The monoisotopic (exact) mass is 354 g/mol. The summed E-state index contributed by atoms with van der Waals surface area (Å²) in [5.41, 5.74) is 1.08. The minimum absolute atomic E-state index is 0. The van der Waals surface area contributed by atoms with Gasteiger partial charge in [-0.3, -0.25) is 0 Å². The lowest BCUT2D eigenvalue weighted by Crippen LogP contribution is -2.30. The Bertz CT molecular complexity index is 392. The summed E-state index contributed by atoms with van der Waals surface area (Å²) in [5, 5.41) is 16.9. The summed E-state index contributed by atoms with van der Waals surface area (Å²) >= 11 is 9.50. The molecule has 0 saturated carbocycles. The third-order valence-corrected chi connectivity index (χ3v) is 3.89. The van der Waals surface area contributed by atoms with Gasteiger partial charge in [0.05, 0.1) is 6.10 Å². The fraction of sp³-hybridized carbons (Fsp3) is 0.500. The molecule has 2 rings (SSSR count). The van der Waals surface area contributed by atoms with Crippen LogP contribution in [0.15, 0.2) is 22.7 Å². The molecule has 2 unspecified atom stereocenters. The van der Waals surface area contributed by atoms with Crippen molar-refractivity contribution in [3.8, 4) is 0 Å². The Morgan fingerprint density at radius 3 is 2.83 bits per heavy atom. The van der Waals surface area contributed by atoms with Crippen molar-refractivity contribution in [3.05, 3.63) is 33.3 Å². The van der Waals surface area contributed by atoms with Crippen LogP contribution < -0.4 is 10.6 Å². The molecule has 102 valence electrons. The van der Waals surface area contributed by atoms with Gasteiger partial charge in [0, 0.05) is 41.6 Å². The second-order valence-corrected chi connectivity index (χ2v) is 5.68. The molecule has 1 saturated heterocycles. The number of benzene rings is 1. The molecule has 1 aromatic carbocycles. The molecule has 0 spiro atoms. The second-order valence-electron chi connectivity index (χ2n) is 4.35. The molecule has 0 aliphatic carbocycles. The van der Waals surface area contributed by atoms with E-state index in [0.29, 0.717) is 12.5 Å². The van der Waals surface area contributed by atoms with E-state index < -0.39 is 0 Å². The van der Waals surface area contributed by atoms with Crippen molar-refractivity contribution in [2.75, 3.05) is 19.6 Å². The third-order valence-electron chi connectivity index (χ3n) is 3.04. The lowest BCUT2D eigenvalue weighted by Gasteiger charge is -2.14. The molecular weight excluding hydrogens is 339 g/mol. The van der Waals surface area contributed by atoms with Gasteiger partial charge >= 0.3 is 0 Å². The van der Waals surface area contributed by atoms with Gasteiger partial charge in [-0.05, 0) is 17.7 Å². The molecule has 0 radical (unpaired) electrons. The first-order valence-corrected chi connectivity index (χ1v) is 6.87. The molecule has 0 aromatic heterocycles. The highest BCUT2D eigenvalue weighted by Gasteiger charge is 2.24. The minimum atomic E-state index is -0.233. The van der Waals surface area contributed by atoms with Crippen LogP contribution in [0.25, 0.3) is 0 Å². The maximum atomic E-state index is 9.64. The summed E-state index contributed by atoms with van der Waals surface area (Å²) < 4.78 is 0.988. The third kappa shape index (κ3) is 4.37. The number of β-amino-alcohol motifs (C(OH)–C–C–N with tert-alkyl or cyclic N) is 1. The Kier molecular flexibility index (Phi) is 6.92. The van der Waals surface area contributed by atoms with Gasteiger partial charge in [0.2, 0.25) is 0 Å². The van der Waals surface area contributed by atoms with E-state index in [1.54, 1.807) is 0 Å². The summed E-state index contributed by atoms with van der Waals surface area (Å²) in [7, 11) is 0. The number of rotatable bonds is 4. The summed E-state index contributed by atoms with van der Waals surface area (Å²) in [6.07, 6.45) is -0.233. The van der Waals surface area contributed by atoms with Crippen molar-refractivity contribution in [1.29, 1.82) is 0 Å². The van der Waals surface area contributed by atoms with Gasteiger partial charge in [-0.2, -0.15) is 0 Å². The fourth-order valence-corrected chi connectivity index (χ4v) is 2.73. The van der Waals surface area contributed by atoms with Gasteiger partial charge < -0.3 is 15.7 Å². The Balaban J connectivity index is 0.00000162. The number of aliphatic hydroxyl groups is 1. The highest BCUT2D eigenvalue weighted by molar-refractivity contribution is 9.10. The minimum Gasteiger partial charge on any atom is -0.391 e. The summed E-state index contributed by atoms with van der Waals surface area (Å²) in [4.78, 5) is 0. The maximum absolute atomic E-state index is 9.64. The topological polar surface area (TPSA) is 44.3 Å². The van der Waals surface area contributed by atoms with E-state index in [1.165, 1.54) is 0 Å². The molecule has 1 heterocycles. The predicted octanol–water partition coefficient (Wildman–Crippen LogP) is 2.19. The molecule has 6 heteroatoms. The van der Waals surface area contributed by atoms with Gasteiger partial charge in [0.1, 0.15) is 0 Å². The Hall–Kier alpha value is 0.160. The van der Waals surface area contributed by atoms with Crippen molar-refractivity contribution in [2.45, 2.75) is 12.6 Å². The zero-order chi connectivity index (χ0) is 12.3. The van der Waals surface area contributed by atoms with E-state index >= 15 is 0 Å². The molecule has 18 heavy (non-hydrogen) atoms. The van der Waals surface area contributed by atoms with Crippen LogP contribution in [0.4, 0.5) is 0 Å². The SMILES string of the molecule is Cl.OC1CNCC1CNCc1ccc(Br)cc1Cl. The number of hydrogen-bond donors (Lipinski definition) is 3.